The summed E-state index contributed by atoms with van der Waals surface area (Å²) in [4.78, 5) is 8.07. The third-order valence-electron chi connectivity index (χ3n) is 1.17. The van der Waals surface area contributed by atoms with Gasteiger partial charge in [0.05, 0.1) is 18.1 Å². The fourth-order valence-electron chi connectivity index (χ4n) is 0.631. The van der Waals surface area contributed by atoms with Gasteiger partial charge in [0, 0.05) is 6.20 Å². The second-order valence-electron chi connectivity index (χ2n) is 2.32. The van der Waals surface area contributed by atoms with Gasteiger partial charge in [0.15, 0.2) is 5.11 Å². The highest BCUT2D eigenvalue weighted by molar-refractivity contribution is 7.80. The minimum Gasteiger partial charge on any atom is -0.375 e. The third-order valence-corrected chi connectivity index (χ3v) is 1.26. The van der Waals surface area contributed by atoms with E-state index in [0.717, 1.165) is 5.69 Å². The van der Waals surface area contributed by atoms with E-state index in [2.05, 4.69) is 32.7 Å². The molecule has 0 saturated carbocycles. The van der Waals surface area contributed by atoms with Gasteiger partial charge in [-0.05, 0) is 19.1 Å². The van der Waals surface area contributed by atoms with E-state index >= 15 is 0 Å². The Morgan fingerprint density at radius 3 is 2.92 bits per heavy atom. The lowest BCUT2D eigenvalue weighted by molar-refractivity contribution is 1.03. The minimum absolute atomic E-state index is 0.122. The normalized spacial score (nSPS) is 10.2. The van der Waals surface area contributed by atoms with E-state index in [1.165, 1.54) is 6.21 Å². The highest BCUT2D eigenvalue weighted by Gasteiger charge is 1.89. The molecule has 0 spiro atoms. The zero-order valence-corrected chi connectivity index (χ0v) is 7.88. The van der Waals surface area contributed by atoms with Crippen LogP contribution in [0.25, 0.3) is 0 Å². The number of hydrogen-bond acceptors (Lipinski definition) is 4. The van der Waals surface area contributed by atoms with Gasteiger partial charge in [-0.2, -0.15) is 5.10 Å². The molecule has 0 aliphatic rings. The Morgan fingerprint density at radius 2 is 2.38 bits per heavy atom. The van der Waals surface area contributed by atoms with Gasteiger partial charge < -0.3 is 5.73 Å². The van der Waals surface area contributed by atoms with Gasteiger partial charge in [-0.3, -0.25) is 15.4 Å². The summed E-state index contributed by atoms with van der Waals surface area (Å²) < 4.78 is 0. The van der Waals surface area contributed by atoms with Gasteiger partial charge in [-0.15, -0.1) is 0 Å². The standard InChI is InChI=1S/C7H9N5S/c1-5-2-10-6(3-9-5)4-11-12-7(8)13/h2-4H,1H3,(H3,8,12,13). The van der Waals surface area contributed by atoms with Crippen LogP contribution in [0.5, 0.6) is 0 Å². The average Bonchev–Trinajstić information content (AvgIpc) is 2.08. The van der Waals surface area contributed by atoms with Crippen LogP contribution in [-0.4, -0.2) is 21.3 Å². The zero-order chi connectivity index (χ0) is 9.68. The molecule has 0 amide bonds. The lowest BCUT2D eigenvalue weighted by Crippen LogP contribution is -2.24. The van der Waals surface area contributed by atoms with E-state index < -0.39 is 0 Å². The third kappa shape index (κ3) is 3.57. The Bertz CT molecular complexity index is 318. The number of nitrogens with two attached hydrogens (primary N) is 1. The summed E-state index contributed by atoms with van der Waals surface area (Å²) in [6.07, 6.45) is 4.76. The van der Waals surface area contributed by atoms with Crippen LogP contribution in [0.15, 0.2) is 17.5 Å². The van der Waals surface area contributed by atoms with Crippen molar-refractivity contribution >= 4 is 23.5 Å². The summed E-state index contributed by atoms with van der Waals surface area (Å²) in [6.45, 7) is 1.86. The molecule has 68 valence electrons. The van der Waals surface area contributed by atoms with Crippen molar-refractivity contribution < 1.29 is 0 Å². The highest BCUT2D eigenvalue weighted by atomic mass is 32.1. The molecule has 5 nitrogen and oxygen atoms in total. The zero-order valence-electron chi connectivity index (χ0n) is 7.06. The molecule has 0 bridgehead atoms. The molecule has 0 saturated heterocycles. The maximum Gasteiger partial charge on any atom is 0.184 e. The van der Waals surface area contributed by atoms with E-state index in [4.69, 9.17) is 5.73 Å². The molecular weight excluding hydrogens is 186 g/mol. The Morgan fingerprint density at radius 1 is 1.62 bits per heavy atom. The molecule has 0 atom stereocenters. The van der Waals surface area contributed by atoms with Gasteiger partial charge in [0.2, 0.25) is 0 Å². The first kappa shape index (κ1) is 9.53. The van der Waals surface area contributed by atoms with E-state index in [1.54, 1.807) is 12.4 Å². The summed E-state index contributed by atoms with van der Waals surface area (Å²) >= 11 is 4.55. The number of rotatable bonds is 2. The monoisotopic (exact) mass is 195 g/mol. The van der Waals surface area contributed by atoms with E-state index in [0.29, 0.717) is 5.69 Å². The van der Waals surface area contributed by atoms with E-state index in [-0.39, 0.29) is 5.11 Å². The van der Waals surface area contributed by atoms with E-state index in [9.17, 15) is 0 Å². The largest absolute Gasteiger partial charge is 0.375 e. The van der Waals surface area contributed by atoms with Crippen molar-refractivity contribution in [2.45, 2.75) is 6.92 Å². The SMILES string of the molecule is Cc1cnc(C=NNC(N)=S)cn1. The van der Waals surface area contributed by atoms with Gasteiger partial charge in [0.25, 0.3) is 0 Å². The molecule has 1 heterocycles. The van der Waals surface area contributed by atoms with Gasteiger partial charge >= 0.3 is 0 Å². The summed E-state index contributed by atoms with van der Waals surface area (Å²) in [7, 11) is 0. The lowest BCUT2D eigenvalue weighted by atomic mass is 10.4. The maximum atomic E-state index is 5.15. The molecule has 0 aliphatic heterocycles. The van der Waals surface area contributed by atoms with Crippen LogP contribution in [0, 0.1) is 6.92 Å². The van der Waals surface area contributed by atoms with Crippen molar-refractivity contribution in [3.8, 4) is 0 Å². The second-order valence-corrected chi connectivity index (χ2v) is 2.76. The molecule has 13 heavy (non-hydrogen) atoms. The number of aromatic nitrogens is 2. The first-order valence-corrected chi connectivity index (χ1v) is 3.96. The maximum absolute atomic E-state index is 5.15. The number of hydrazone groups is 1. The summed E-state index contributed by atoms with van der Waals surface area (Å²) in [6, 6.07) is 0. The van der Waals surface area contributed by atoms with Crippen molar-refractivity contribution in [2.24, 2.45) is 10.8 Å². The van der Waals surface area contributed by atoms with Crippen LogP contribution in [0.1, 0.15) is 11.4 Å². The molecule has 6 heteroatoms. The summed E-state index contributed by atoms with van der Waals surface area (Å²) in [5.41, 5.74) is 9.08. The fourth-order valence-corrected chi connectivity index (χ4v) is 0.684. The molecule has 1 aromatic rings. The summed E-state index contributed by atoms with van der Waals surface area (Å²) in [5, 5.41) is 3.85. The van der Waals surface area contributed by atoms with Crippen LogP contribution in [0.2, 0.25) is 0 Å². The topological polar surface area (TPSA) is 76.2 Å². The molecule has 0 fully saturated rings. The predicted molar refractivity (Wildman–Crippen MR) is 54.3 cm³/mol. The average molecular weight is 195 g/mol. The number of nitrogens with zero attached hydrogens (tertiary/aromatic N) is 3. The van der Waals surface area contributed by atoms with E-state index in [1.807, 2.05) is 6.92 Å². The second kappa shape index (κ2) is 4.46. The first-order chi connectivity index (χ1) is 6.18. The van der Waals surface area contributed by atoms with Gasteiger partial charge in [-0.1, -0.05) is 0 Å². The molecule has 0 radical (unpaired) electrons. The molecule has 0 aliphatic carbocycles. The number of hydrogen-bond donors (Lipinski definition) is 2. The van der Waals surface area contributed by atoms with Crippen LogP contribution in [0.3, 0.4) is 0 Å². The number of aryl methyl sites for hydroxylation is 1. The smallest absolute Gasteiger partial charge is 0.184 e. The molecule has 0 aromatic carbocycles. The number of thiocarbonyl (C=S) groups is 1. The first-order valence-electron chi connectivity index (χ1n) is 3.55. The highest BCUT2D eigenvalue weighted by Crippen LogP contribution is 1.89. The fraction of sp³-hybridized carbons (Fsp3) is 0.143. The van der Waals surface area contributed by atoms with Crippen LogP contribution >= 0.6 is 12.2 Å². The predicted octanol–water partition coefficient (Wildman–Crippen LogP) is -0.0479. The quantitative estimate of drug-likeness (QED) is 0.393. The van der Waals surface area contributed by atoms with Crippen LogP contribution < -0.4 is 11.2 Å². The minimum atomic E-state index is 0.122. The van der Waals surface area contributed by atoms with Crippen molar-refractivity contribution in [1.82, 2.24) is 15.4 Å². The Hall–Kier alpha value is -1.56. The van der Waals surface area contributed by atoms with Gasteiger partial charge in [-0.25, -0.2) is 0 Å². The van der Waals surface area contributed by atoms with Crippen molar-refractivity contribution in [1.29, 1.82) is 0 Å². The molecule has 1 rings (SSSR count). The van der Waals surface area contributed by atoms with Crippen molar-refractivity contribution in [3.63, 3.8) is 0 Å². The Labute approximate surface area is 81.1 Å². The van der Waals surface area contributed by atoms with Crippen molar-refractivity contribution in [3.05, 3.63) is 23.8 Å². The molecule has 3 N–H and O–H groups in total. The lowest BCUT2D eigenvalue weighted by Gasteiger charge is -1.94. The molecule has 1 aromatic heterocycles. The summed E-state index contributed by atoms with van der Waals surface area (Å²) in [5.74, 6) is 0. The number of nitrogens with one attached hydrogen (secondary N) is 1. The Kier molecular flexibility index (Phi) is 3.27. The molecular formula is C7H9N5S. The molecule has 0 unspecified atom stereocenters. The Balaban J connectivity index is 2.59. The van der Waals surface area contributed by atoms with Crippen LogP contribution in [0.4, 0.5) is 0 Å². The van der Waals surface area contributed by atoms with Crippen molar-refractivity contribution in [2.75, 3.05) is 0 Å². The van der Waals surface area contributed by atoms with Gasteiger partial charge in [0.1, 0.15) is 5.69 Å². The van der Waals surface area contributed by atoms with Crippen LogP contribution in [-0.2, 0) is 0 Å².